The van der Waals surface area contributed by atoms with Crippen molar-refractivity contribution in [1.29, 1.82) is 0 Å². The average molecular weight is 829 g/mol. The van der Waals surface area contributed by atoms with E-state index < -0.39 is 0 Å². The molecule has 2 saturated carbocycles. The van der Waals surface area contributed by atoms with Gasteiger partial charge in [-0.1, -0.05) is 50.2 Å². The minimum Gasteiger partial charge on any atom is -0.339 e. The predicted molar refractivity (Wildman–Crippen MR) is 239 cm³/mol. The van der Waals surface area contributed by atoms with E-state index in [1.54, 1.807) is 35.4 Å². The van der Waals surface area contributed by atoms with Crippen molar-refractivity contribution in [1.82, 2.24) is 0 Å². The molecule has 2 aliphatic carbocycles. The number of benzene rings is 4. The third-order valence-electron chi connectivity index (χ3n) is 19.0. The normalized spacial score (nSPS) is 39.9. The summed E-state index contributed by atoms with van der Waals surface area (Å²) in [5.41, 5.74) is 11.9. The smallest absolute Gasteiger partial charge is 0.269 e. The molecule has 316 valence electrons. The van der Waals surface area contributed by atoms with E-state index in [4.69, 9.17) is 0 Å². The number of non-ortho nitro benzene ring substituents is 2. The summed E-state index contributed by atoms with van der Waals surface area (Å²) in [6.45, 7) is 11.2. The van der Waals surface area contributed by atoms with Crippen molar-refractivity contribution in [3.05, 3.63) is 163 Å². The second-order valence-electron chi connectivity index (χ2n) is 21.0. The zero-order valence-corrected chi connectivity index (χ0v) is 35.8. The van der Waals surface area contributed by atoms with Crippen LogP contribution in [0.25, 0.3) is 0 Å². The molecule has 2 spiro atoms. The number of nitro groups is 2. The Labute approximate surface area is 363 Å². The van der Waals surface area contributed by atoms with E-state index in [2.05, 4.69) is 84.6 Å². The Hall–Kier alpha value is -5.32. The van der Waals surface area contributed by atoms with Crippen molar-refractivity contribution >= 4 is 22.7 Å². The highest BCUT2D eigenvalue weighted by molar-refractivity contribution is 5.76. The Balaban J connectivity index is 0.991. The molecule has 4 aromatic rings. The van der Waals surface area contributed by atoms with Crippen LogP contribution in [0, 0.1) is 43.9 Å². The first-order valence-electron chi connectivity index (χ1n) is 23.5. The summed E-state index contributed by atoms with van der Waals surface area (Å²) in [7, 11) is 0. The Bertz CT molecular complexity index is 2460. The lowest BCUT2D eigenvalue weighted by molar-refractivity contribution is -0.964. The summed E-state index contributed by atoms with van der Waals surface area (Å²) in [5, 5.41) is 23.3. The quantitative estimate of drug-likeness (QED) is 0.0999. The molecule has 4 unspecified atom stereocenters. The van der Waals surface area contributed by atoms with Gasteiger partial charge in [0.05, 0.1) is 58.9 Å². The van der Waals surface area contributed by atoms with Crippen LogP contribution >= 0.6 is 0 Å². The van der Waals surface area contributed by atoms with Gasteiger partial charge in [0.1, 0.15) is 25.2 Å². The molecule has 6 fully saturated rings. The number of rotatable bonds is 8. The summed E-state index contributed by atoms with van der Waals surface area (Å²) < 4.78 is 2.15. The molecule has 62 heavy (non-hydrogen) atoms. The first-order chi connectivity index (χ1) is 30.1. The molecule has 4 saturated heterocycles. The zero-order chi connectivity index (χ0) is 41.9. The van der Waals surface area contributed by atoms with E-state index >= 15 is 0 Å². The minimum absolute atomic E-state index is 0.0304. The van der Waals surface area contributed by atoms with Crippen molar-refractivity contribution in [3.8, 4) is 0 Å². The van der Waals surface area contributed by atoms with E-state index in [1.807, 2.05) is 24.3 Å². The van der Waals surface area contributed by atoms with Crippen molar-refractivity contribution in [2.24, 2.45) is 23.7 Å². The molecule has 0 N–H and O–H groups in total. The van der Waals surface area contributed by atoms with Gasteiger partial charge in [-0.05, 0) is 83.3 Å². The highest BCUT2D eigenvalue weighted by Gasteiger charge is 2.76. The molecule has 0 radical (unpaired) electrons. The SMILES string of the molecule is CC[C@@H]1C[N+]2(Cc3ccc([N+](=O)[O-])cc3)CCC34c5ccccc5N5/C=C6/[C@H]7C[C@H]8C9(CC[N+]8(Cc8ccc([N+](=O)[O-])cc8)C[C@H]7CC)c7ccccc7N(/C=C(/[C@H]1C[C@@H]32)[C@H]54)[C@@H]69. The highest BCUT2D eigenvalue weighted by atomic mass is 16.6. The first-order valence-corrected chi connectivity index (χ1v) is 23.5. The summed E-state index contributed by atoms with van der Waals surface area (Å²) in [5.74, 6) is 2.04. The molecule has 7 aliphatic heterocycles. The van der Waals surface area contributed by atoms with Crippen molar-refractivity contribution in [2.45, 2.75) is 100 Å². The van der Waals surface area contributed by atoms with Crippen LogP contribution in [0.2, 0.25) is 0 Å². The number of fused-ring (bicyclic) bond motifs is 8. The molecule has 7 heterocycles. The fourth-order valence-corrected chi connectivity index (χ4v) is 16.9. The lowest BCUT2D eigenvalue weighted by atomic mass is 9.54. The number of nitro benzene ring substituents is 2. The average Bonchev–Trinajstić information content (AvgIpc) is 3.98. The van der Waals surface area contributed by atoms with Crippen LogP contribution in [0.5, 0.6) is 0 Å². The highest BCUT2D eigenvalue weighted by Crippen LogP contribution is 2.70. The zero-order valence-electron chi connectivity index (χ0n) is 35.8. The van der Waals surface area contributed by atoms with Gasteiger partial charge in [-0.15, -0.1) is 0 Å². The van der Waals surface area contributed by atoms with Gasteiger partial charge >= 0.3 is 0 Å². The van der Waals surface area contributed by atoms with Gasteiger partial charge in [0.25, 0.3) is 11.4 Å². The standard InChI is InChI=1S/C52H56N6O4/c1-3-35-31-57(29-33-13-17-37(18-14-33)55(59)60)23-21-51-43-9-5-8-12-46(43)54-28-42-40-26-48-52(22-24-58(48,32-36(40)4-2)30-34-15-19-38(20-16-34)56(61)62)44-10-6-7-11-45(44)53(50(42)52)27-41(49(51)54)39(35)25-47(51)57/h5-20,27-28,35-36,39-40,47-50H,3-4,21-26,29-32H2,1-2H3/q+2/b41-27-,42-28-/t35-,36-,39+,40+,47+,48+,49+,50+,51?,52?,57?,58?/m1/s1. The fraction of sp³-hybridized carbons (Fsp3) is 0.462. The number of hydrogen-bond donors (Lipinski definition) is 0. The molecular formula is C52H56N6O4+2. The predicted octanol–water partition coefficient (Wildman–Crippen LogP) is 9.54. The second-order valence-corrected chi connectivity index (χ2v) is 21.0. The number of quaternary nitrogens is 2. The lowest BCUT2D eigenvalue weighted by Gasteiger charge is -2.60. The van der Waals surface area contributed by atoms with Crippen LogP contribution in [-0.2, 0) is 23.9 Å². The molecule has 0 amide bonds. The lowest BCUT2D eigenvalue weighted by Crippen LogP contribution is -2.70. The van der Waals surface area contributed by atoms with Crippen LogP contribution in [0.1, 0.15) is 74.6 Å². The number of anilines is 2. The van der Waals surface area contributed by atoms with E-state index in [0.717, 1.165) is 73.9 Å². The number of nitrogens with zero attached hydrogens (tertiary/aromatic N) is 6. The van der Waals surface area contributed by atoms with Gasteiger partial charge in [-0.3, -0.25) is 20.2 Å². The van der Waals surface area contributed by atoms with Crippen LogP contribution in [0.15, 0.2) is 121 Å². The van der Waals surface area contributed by atoms with Crippen LogP contribution in [0.3, 0.4) is 0 Å². The maximum Gasteiger partial charge on any atom is 0.269 e. The third kappa shape index (κ3) is 4.52. The molecule has 13 rings (SSSR count). The van der Waals surface area contributed by atoms with Crippen LogP contribution in [0.4, 0.5) is 22.7 Å². The van der Waals surface area contributed by atoms with Crippen molar-refractivity contribution in [3.63, 3.8) is 0 Å². The Morgan fingerprint density at radius 3 is 1.39 bits per heavy atom. The van der Waals surface area contributed by atoms with E-state index in [-0.39, 0.29) is 44.1 Å². The Kier molecular flexibility index (Phi) is 7.61. The summed E-state index contributed by atoms with van der Waals surface area (Å²) in [6, 6.07) is 35.3. The van der Waals surface area contributed by atoms with E-state index in [9.17, 15) is 20.2 Å². The maximum atomic E-state index is 11.6. The molecule has 10 nitrogen and oxygen atoms in total. The molecular weight excluding hydrogens is 773 g/mol. The summed E-state index contributed by atoms with van der Waals surface area (Å²) in [6.07, 6.45) is 12.4. The monoisotopic (exact) mass is 828 g/mol. The maximum absolute atomic E-state index is 11.6. The first kappa shape index (κ1) is 37.3. The third-order valence-corrected chi connectivity index (χ3v) is 19.0. The van der Waals surface area contributed by atoms with Crippen molar-refractivity contribution < 1.29 is 18.8 Å². The summed E-state index contributed by atoms with van der Waals surface area (Å²) in [4.78, 5) is 28.4. The molecule has 4 aromatic carbocycles. The van der Waals surface area contributed by atoms with Gasteiger partial charge in [-0.25, -0.2) is 0 Å². The molecule has 4 bridgehead atoms. The molecule has 9 aliphatic rings. The van der Waals surface area contributed by atoms with Gasteiger partial charge in [-0.2, -0.15) is 0 Å². The molecule has 0 aromatic heterocycles. The van der Waals surface area contributed by atoms with Gasteiger partial charge in [0.2, 0.25) is 0 Å². The largest absolute Gasteiger partial charge is 0.339 e. The number of hydrogen-bond acceptors (Lipinski definition) is 6. The topological polar surface area (TPSA) is 92.8 Å². The van der Waals surface area contributed by atoms with Crippen molar-refractivity contribution in [2.75, 3.05) is 36.0 Å². The van der Waals surface area contributed by atoms with Crippen LogP contribution < -0.4 is 9.80 Å². The summed E-state index contributed by atoms with van der Waals surface area (Å²) >= 11 is 0. The Morgan fingerprint density at radius 2 is 1.00 bits per heavy atom. The fourth-order valence-electron chi connectivity index (χ4n) is 16.9. The second kappa shape index (κ2) is 12.7. The van der Waals surface area contributed by atoms with Crippen LogP contribution in [-0.4, -0.2) is 69.2 Å². The minimum atomic E-state index is -0.278. The van der Waals surface area contributed by atoms with Gasteiger partial charge in [0.15, 0.2) is 0 Å². The number of piperidine rings is 2. The Morgan fingerprint density at radius 1 is 0.597 bits per heavy atom. The van der Waals surface area contributed by atoms with Gasteiger partial charge < -0.3 is 18.8 Å². The van der Waals surface area contributed by atoms with Gasteiger partial charge in [0, 0.05) is 96.7 Å². The van der Waals surface area contributed by atoms with E-state index in [1.165, 1.54) is 46.5 Å². The van der Waals surface area contributed by atoms with E-state index in [0.29, 0.717) is 35.8 Å². The molecule has 12 atom stereocenters. The number of para-hydroxylation sites is 2. The molecule has 10 heteroatoms.